The van der Waals surface area contributed by atoms with Gasteiger partial charge >= 0.3 is 0 Å². The van der Waals surface area contributed by atoms with Gasteiger partial charge in [0.05, 0.1) is 21.0 Å². The maximum absolute atomic E-state index is 13.1. The molecule has 0 aliphatic carbocycles. The lowest BCUT2D eigenvalue weighted by molar-refractivity contribution is -0.384. The van der Waals surface area contributed by atoms with E-state index >= 15 is 0 Å². The summed E-state index contributed by atoms with van der Waals surface area (Å²) in [5.41, 5.74) is 1.21. The zero-order chi connectivity index (χ0) is 23.7. The molecule has 0 saturated heterocycles. The molecule has 3 aromatic rings. The molecule has 0 fully saturated rings. The van der Waals surface area contributed by atoms with E-state index in [1.807, 2.05) is 20.8 Å². The number of non-ortho nitro benzene ring substituents is 1. The van der Waals surface area contributed by atoms with Crippen molar-refractivity contribution >= 4 is 43.7 Å². The van der Waals surface area contributed by atoms with E-state index in [4.69, 9.17) is 0 Å². The Morgan fingerprint density at radius 2 is 1.78 bits per heavy atom. The molecule has 1 heterocycles. The summed E-state index contributed by atoms with van der Waals surface area (Å²) in [6, 6.07) is 10.9. The van der Waals surface area contributed by atoms with E-state index in [2.05, 4.69) is 14.4 Å². The van der Waals surface area contributed by atoms with Gasteiger partial charge in [0.1, 0.15) is 16.0 Å². The molecule has 0 radical (unpaired) electrons. The fraction of sp³-hybridized carbons (Fsp3) is 0.250. The first-order valence-electron chi connectivity index (χ1n) is 9.35. The van der Waals surface area contributed by atoms with Crippen molar-refractivity contribution in [2.45, 2.75) is 31.2 Å². The summed E-state index contributed by atoms with van der Waals surface area (Å²) in [6.45, 7) is 5.63. The molecule has 170 valence electrons. The first-order chi connectivity index (χ1) is 14.8. The van der Waals surface area contributed by atoms with Crippen LogP contribution in [-0.4, -0.2) is 34.3 Å². The number of benzene rings is 2. The van der Waals surface area contributed by atoms with Crippen LogP contribution in [0.2, 0.25) is 0 Å². The first-order valence-corrected chi connectivity index (χ1v) is 13.2. The third-order valence-corrected chi connectivity index (χ3v) is 7.20. The van der Waals surface area contributed by atoms with Gasteiger partial charge in [-0.3, -0.25) is 14.8 Å². The maximum Gasteiger partial charge on any atom is 0.269 e. The summed E-state index contributed by atoms with van der Waals surface area (Å²) in [4.78, 5) is 15.9. The normalized spacial score (nSPS) is 13.0. The van der Waals surface area contributed by atoms with E-state index in [9.17, 15) is 22.7 Å². The molecule has 0 aliphatic rings. The molecule has 1 aromatic heterocycles. The Kier molecular flexibility index (Phi) is 6.79. The Morgan fingerprint density at radius 3 is 2.34 bits per heavy atom. The molecule has 12 heteroatoms. The molecule has 0 spiro atoms. The lowest BCUT2D eigenvalue weighted by Crippen LogP contribution is -2.37. The summed E-state index contributed by atoms with van der Waals surface area (Å²) < 4.78 is 41.8. The number of aromatic nitrogens is 1. The Hall–Kier alpha value is -2.67. The number of anilines is 1. The number of sulfonamides is 1. The molecule has 0 aliphatic heterocycles. The van der Waals surface area contributed by atoms with Crippen LogP contribution in [0.1, 0.15) is 20.8 Å². The second kappa shape index (κ2) is 9.06. The van der Waals surface area contributed by atoms with Crippen molar-refractivity contribution in [3.05, 3.63) is 58.8 Å². The van der Waals surface area contributed by atoms with E-state index < -0.39 is 31.5 Å². The second-order valence-electron chi connectivity index (χ2n) is 8.04. The van der Waals surface area contributed by atoms with Crippen molar-refractivity contribution in [1.82, 2.24) is 9.71 Å². The Labute approximate surface area is 192 Å². The van der Waals surface area contributed by atoms with Gasteiger partial charge in [-0.15, -0.1) is 11.3 Å². The highest BCUT2D eigenvalue weighted by Gasteiger charge is 2.21. The molecular weight excluding hydrogens is 472 g/mol. The molecule has 1 atom stereocenters. The highest BCUT2D eigenvalue weighted by atomic mass is 32.2. The Balaban J connectivity index is 2.02. The average molecular weight is 495 g/mol. The molecule has 2 N–H and O–H groups in total. The number of nitrogens with one attached hydrogen (secondary N) is 2. The molecule has 1 unspecified atom stereocenters. The van der Waals surface area contributed by atoms with Gasteiger partial charge in [0.25, 0.3) is 5.69 Å². The van der Waals surface area contributed by atoms with Gasteiger partial charge in [0.15, 0.2) is 0 Å². The van der Waals surface area contributed by atoms with Crippen LogP contribution >= 0.6 is 11.3 Å². The van der Waals surface area contributed by atoms with Crippen LogP contribution in [0.15, 0.2) is 53.6 Å². The van der Waals surface area contributed by atoms with Crippen molar-refractivity contribution in [1.29, 1.82) is 0 Å². The van der Waals surface area contributed by atoms with Crippen LogP contribution in [0, 0.1) is 10.1 Å². The highest BCUT2D eigenvalue weighted by Crippen LogP contribution is 2.36. The van der Waals surface area contributed by atoms with Gasteiger partial charge < -0.3 is 0 Å². The second-order valence-corrected chi connectivity index (χ2v) is 12.0. The third-order valence-electron chi connectivity index (χ3n) is 3.98. The summed E-state index contributed by atoms with van der Waals surface area (Å²) in [5, 5.41) is 11.5. The zero-order valence-electron chi connectivity index (χ0n) is 17.8. The van der Waals surface area contributed by atoms with Gasteiger partial charge in [0, 0.05) is 40.7 Å². The quantitative estimate of drug-likeness (QED) is 0.374. The monoisotopic (exact) mass is 494 g/mol. The van der Waals surface area contributed by atoms with E-state index in [-0.39, 0.29) is 5.69 Å². The van der Waals surface area contributed by atoms with Crippen LogP contribution in [0.4, 0.5) is 11.4 Å². The number of nitro groups is 1. The number of thiazole rings is 1. The minimum atomic E-state index is -3.50. The van der Waals surface area contributed by atoms with Gasteiger partial charge in [-0.2, -0.15) is 0 Å². The minimum Gasteiger partial charge on any atom is -0.284 e. The standard InChI is InChI=1S/C20H22N4O5S3/c1-20(2,3)23-31(27)18-11-14(22-32(4,28)29)7-10-16(18)17-12-21-19(30-17)13-5-8-15(9-6-13)24(25)26/h5-12,22-23H,1-4H3. The van der Waals surface area contributed by atoms with E-state index in [1.54, 1.807) is 30.5 Å². The van der Waals surface area contributed by atoms with E-state index in [1.165, 1.54) is 29.5 Å². The first kappa shape index (κ1) is 24.0. The molecule has 0 bridgehead atoms. The topological polar surface area (TPSA) is 131 Å². The van der Waals surface area contributed by atoms with E-state index in [0.29, 0.717) is 21.2 Å². The number of hydrogen-bond acceptors (Lipinski definition) is 7. The molecule has 0 amide bonds. The molecule has 32 heavy (non-hydrogen) atoms. The predicted octanol–water partition coefficient (Wildman–Crippen LogP) is 4.17. The van der Waals surface area contributed by atoms with Crippen molar-refractivity contribution < 1.29 is 17.6 Å². The largest absolute Gasteiger partial charge is 0.284 e. The fourth-order valence-corrected chi connectivity index (χ4v) is 5.61. The molecule has 2 aromatic carbocycles. The van der Waals surface area contributed by atoms with Crippen LogP contribution in [0.5, 0.6) is 0 Å². The van der Waals surface area contributed by atoms with Gasteiger partial charge in [-0.25, -0.2) is 22.3 Å². The van der Waals surface area contributed by atoms with Crippen LogP contribution < -0.4 is 9.44 Å². The lowest BCUT2D eigenvalue weighted by atomic mass is 10.1. The molecule has 3 rings (SSSR count). The minimum absolute atomic E-state index is 0.00886. The van der Waals surface area contributed by atoms with Gasteiger partial charge in [-0.1, -0.05) is 6.07 Å². The summed E-state index contributed by atoms with van der Waals surface area (Å²) >= 11 is 1.34. The van der Waals surface area contributed by atoms with Crippen molar-refractivity contribution in [3.8, 4) is 21.0 Å². The number of nitrogens with zero attached hydrogens (tertiary/aromatic N) is 2. The molecule has 9 nitrogen and oxygen atoms in total. The number of nitro benzene ring substituents is 1. The predicted molar refractivity (Wildman–Crippen MR) is 127 cm³/mol. The Bertz CT molecular complexity index is 1280. The number of rotatable bonds is 7. The SMILES string of the molecule is CC(C)(C)NS(=O)c1cc(NS(C)(=O)=O)ccc1-c1cnc(-c2ccc([N+](=O)[O-])cc2)s1. The maximum atomic E-state index is 13.1. The van der Waals surface area contributed by atoms with Crippen molar-refractivity contribution in [2.24, 2.45) is 0 Å². The Morgan fingerprint density at radius 1 is 1.12 bits per heavy atom. The zero-order valence-corrected chi connectivity index (χ0v) is 20.2. The van der Waals surface area contributed by atoms with Crippen molar-refractivity contribution in [3.63, 3.8) is 0 Å². The van der Waals surface area contributed by atoms with Crippen LogP contribution in [0.3, 0.4) is 0 Å². The smallest absolute Gasteiger partial charge is 0.269 e. The highest BCUT2D eigenvalue weighted by molar-refractivity contribution is 7.92. The van der Waals surface area contributed by atoms with Gasteiger partial charge in [-0.05, 0) is 45.0 Å². The number of hydrogen-bond donors (Lipinski definition) is 2. The lowest BCUT2D eigenvalue weighted by Gasteiger charge is -2.21. The van der Waals surface area contributed by atoms with Crippen LogP contribution in [0.25, 0.3) is 21.0 Å². The fourth-order valence-electron chi connectivity index (χ4n) is 2.75. The van der Waals surface area contributed by atoms with Crippen LogP contribution in [-0.2, 0) is 21.0 Å². The van der Waals surface area contributed by atoms with Gasteiger partial charge in [0.2, 0.25) is 10.0 Å². The van der Waals surface area contributed by atoms with E-state index in [0.717, 1.165) is 16.7 Å². The summed E-state index contributed by atoms with van der Waals surface area (Å²) in [6.07, 6.45) is 2.68. The summed E-state index contributed by atoms with van der Waals surface area (Å²) in [5.74, 6) is 0. The average Bonchev–Trinajstić information content (AvgIpc) is 3.15. The molecule has 0 saturated carbocycles. The third kappa shape index (κ3) is 6.19. The molecular formula is C20H22N4O5S3. The van der Waals surface area contributed by atoms with Crippen molar-refractivity contribution in [2.75, 3.05) is 11.0 Å². The summed E-state index contributed by atoms with van der Waals surface area (Å²) in [7, 11) is -5.13.